The number of pyridine rings is 1. The lowest BCUT2D eigenvalue weighted by Crippen LogP contribution is -2.21. The number of nitro groups is 1. The van der Waals surface area contributed by atoms with Crippen LogP contribution in [0.15, 0.2) is 24.3 Å². The second-order valence-electron chi connectivity index (χ2n) is 4.63. The highest BCUT2D eigenvalue weighted by Crippen LogP contribution is 2.25. The van der Waals surface area contributed by atoms with Crippen molar-refractivity contribution in [3.8, 4) is 6.07 Å². The predicted octanol–water partition coefficient (Wildman–Crippen LogP) is 2.46. The zero-order valence-corrected chi connectivity index (χ0v) is 11.7. The molecule has 1 atom stereocenters. The molecule has 0 bridgehead atoms. The van der Waals surface area contributed by atoms with E-state index in [9.17, 15) is 15.4 Å². The Labute approximate surface area is 121 Å². The van der Waals surface area contributed by atoms with Crippen LogP contribution < -0.4 is 5.32 Å². The third kappa shape index (κ3) is 3.24. The van der Waals surface area contributed by atoms with Gasteiger partial charge in [0.2, 0.25) is 0 Å². The van der Waals surface area contributed by atoms with Crippen molar-refractivity contribution in [3.63, 3.8) is 0 Å². The van der Waals surface area contributed by atoms with Crippen molar-refractivity contribution in [1.82, 2.24) is 4.98 Å². The standard InChI is InChI=1S/C14H14N4O3/c1-9(8-21-2)16-14-5-10(7-15)12-6-11(18(19)20)3-4-13(12)17-14/h3-6,9H,8H2,1-2H3,(H,16,17)/t9-/m0/s1. The van der Waals surface area contributed by atoms with Crippen LogP contribution in [0.1, 0.15) is 12.5 Å². The van der Waals surface area contributed by atoms with Crippen LogP contribution in [0.2, 0.25) is 0 Å². The monoisotopic (exact) mass is 286 g/mol. The van der Waals surface area contributed by atoms with Gasteiger partial charge in [-0.3, -0.25) is 10.1 Å². The van der Waals surface area contributed by atoms with Gasteiger partial charge in [0.1, 0.15) is 5.82 Å². The highest BCUT2D eigenvalue weighted by Gasteiger charge is 2.12. The van der Waals surface area contributed by atoms with Gasteiger partial charge >= 0.3 is 0 Å². The summed E-state index contributed by atoms with van der Waals surface area (Å²) >= 11 is 0. The number of rotatable bonds is 5. The molecule has 1 aromatic heterocycles. The Morgan fingerprint density at radius 3 is 2.90 bits per heavy atom. The summed E-state index contributed by atoms with van der Waals surface area (Å²) < 4.78 is 5.03. The summed E-state index contributed by atoms with van der Waals surface area (Å²) in [5, 5.41) is 23.6. The van der Waals surface area contributed by atoms with Gasteiger partial charge in [0.25, 0.3) is 5.69 Å². The Hall–Kier alpha value is -2.72. The molecule has 0 saturated carbocycles. The van der Waals surface area contributed by atoms with Gasteiger partial charge in [-0.25, -0.2) is 4.98 Å². The van der Waals surface area contributed by atoms with Gasteiger partial charge in [-0.05, 0) is 19.1 Å². The third-order valence-corrected chi connectivity index (χ3v) is 2.93. The first-order valence-corrected chi connectivity index (χ1v) is 6.30. The van der Waals surface area contributed by atoms with E-state index in [4.69, 9.17) is 4.74 Å². The zero-order chi connectivity index (χ0) is 15.4. The van der Waals surface area contributed by atoms with E-state index in [-0.39, 0.29) is 11.7 Å². The molecule has 0 unspecified atom stereocenters. The van der Waals surface area contributed by atoms with Crippen molar-refractivity contribution in [2.24, 2.45) is 0 Å². The molecule has 0 fully saturated rings. The maximum absolute atomic E-state index is 10.8. The average molecular weight is 286 g/mol. The summed E-state index contributed by atoms with van der Waals surface area (Å²) in [6.07, 6.45) is 0. The fraction of sp³-hybridized carbons (Fsp3) is 0.286. The van der Waals surface area contributed by atoms with Gasteiger partial charge in [-0.15, -0.1) is 0 Å². The number of nitrogens with one attached hydrogen (secondary N) is 1. The van der Waals surface area contributed by atoms with E-state index in [1.165, 1.54) is 12.1 Å². The number of methoxy groups -OCH3 is 1. The largest absolute Gasteiger partial charge is 0.383 e. The van der Waals surface area contributed by atoms with E-state index < -0.39 is 4.92 Å². The lowest BCUT2D eigenvalue weighted by molar-refractivity contribution is -0.384. The fourth-order valence-electron chi connectivity index (χ4n) is 2.04. The van der Waals surface area contributed by atoms with Gasteiger partial charge < -0.3 is 10.1 Å². The molecule has 0 aliphatic carbocycles. The first-order chi connectivity index (χ1) is 10.0. The normalized spacial score (nSPS) is 11.9. The van der Waals surface area contributed by atoms with E-state index in [1.807, 2.05) is 13.0 Å². The quantitative estimate of drug-likeness (QED) is 0.669. The molecule has 2 rings (SSSR count). The number of fused-ring (bicyclic) bond motifs is 1. The number of hydrogen-bond donors (Lipinski definition) is 1. The molecular weight excluding hydrogens is 272 g/mol. The highest BCUT2D eigenvalue weighted by atomic mass is 16.6. The van der Waals surface area contributed by atoms with Gasteiger partial charge in [0, 0.05) is 30.7 Å². The van der Waals surface area contributed by atoms with Gasteiger partial charge in [-0.1, -0.05) is 0 Å². The second kappa shape index (κ2) is 6.15. The minimum absolute atomic E-state index is 0.0320. The maximum atomic E-state index is 10.8. The highest BCUT2D eigenvalue weighted by molar-refractivity contribution is 5.88. The summed E-state index contributed by atoms with van der Waals surface area (Å²) in [5.41, 5.74) is 0.817. The van der Waals surface area contributed by atoms with Gasteiger partial charge in [0.15, 0.2) is 0 Å². The van der Waals surface area contributed by atoms with Crippen molar-refractivity contribution < 1.29 is 9.66 Å². The van der Waals surface area contributed by atoms with E-state index in [2.05, 4.69) is 10.3 Å². The number of hydrogen-bond acceptors (Lipinski definition) is 6. The van der Waals surface area contributed by atoms with Crippen molar-refractivity contribution in [3.05, 3.63) is 39.9 Å². The lowest BCUT2D eigenvalue weighted by Gasteiger charge is -2.14. The van der Waals surface area contributed by atoms with Gasteiger partial charge in [0.05, 0.1) is 28.7 Å². The fourth-order valence-corrected chi connectivity index (χ4v) is 2.04. The van der Waals surface area contributed by atoms with Crippen LogP contribution in [0.5, 0.6) is 0 Å². The van der Waals surface area contributed by atoms with Crippen LogP contribution in [-0.4, -0.2) is 29.7 Å². The zero-order valence-electron chi connectivity index (χ0n) is 11.7. The molecular formula is C14H14N4O3. The molecule has 0 saturated heterocycles. The van der Waals surface area contributed by atoms with Crippen molar-refractivity contribution in [1.29, 1.82) is 5.26 Å². The minimum atomic E-state index is -0.493. The maximum Gasteiger partial charge on any atom is 0.270 e. The Balaban J connectivity index is 2.47. The number of nitrogens with zero attached hydrogens (tertiary/aromatic N) is 3. The summed E-state index contributed by atoms with van der Waals surface area (Å²) in [4.78, 5) is 14.7. The third-order valence-electron chi connectivity index (χ3n) is 2.93. The first-order valence-electron chi connectivity index (χ1n) is 6.30. The smallest absolute Gasteiger partial charge is 0.270 e. The summed E-state index contributed by atoms with van der Waals surface area (Å²) in [6, 6.07) is 7.94. The van der Waals surface area contributed by atoms with Crippen LogP contribution >= 0.6 is 0 Å². The molecule has 0 radical (unpaired) electrons. The number of ether oxygens (including phenoxy) is 1. The molecule has 21 heavy (non-hydrogen) atoms. The average Bonchev–Trinajstić information content (AvgIpc) is 2.45. The number of non-ortho nitro benzene ring substituents is 1. The van der Waals surface area contributed by atoms with Crippen molar-refractivity contribution >= 4 is 22.4 Å². The van der Waals surface area contributed by atoms with Crippen LogP contribution in [0.4, 0.5) is 11.5 Å². The summed E-state index contributed by atoms with van der Waals surface area (Å²) in [7, 11) is 1.60. The SMILES string of the molecule is COC[C@H](C)Nc1cc(C#N)c2cc([N+](=O)[O-])ccc2n1. The molecule has 2 aromatic rings. The Kier molecular flexibility index (Phi) is 4.30. The summed E-state index contributed by atoms with van der Waals surface area (Å²) in [6.45, 7) is 2.43. The van der Waals surface area contributed by atoms with E-state index in [1.54, 1.807) is 19.2 Å². The van der Waals surface area contributed by atoms with Crippen molar-refractivity contribution in [2.45, 2.75) is 13.0 Å². The minimum Gasteiger partial charge on any atom is -0.383 e. The molecule has 1 N–H and O–H groups in total. The number of nitro benzene ring substituents is 1. The number of anilines is 1. The van der Waals surface area contributed by atoms with E-state index >= 15 is 0 Å². The van der Waals surface area contributed by atoms with Crippen LogP contribution in [0.3, 0.4) is 0 Å². The Morgan fingerprint density at radius 1 is 1.52 bits per heavy atom. The van der Waals surface area contributed by atoms with Crippen molar-refractivity contribution in [2.75, 3.05) is 19.0 Å². The topological polar surface area (TPSA) is 101 Å². The second-order valence-corrected chi connectivity index (χ2v) is 4.63. The van der Waals surface area contributed by atoms with E-state index in [0.29, 0.717) is 28.9 Å². The Bertz CT molecular complexity index is 724. The lowest BCUT2D eigenvalue weighted by atomic mass is 10.1. The Morgan fingerprint density at radius 2 is 2.29 bits per heavy atom. The number of nitriles is 1. The van der Waals surface area contributed by atoms with Crippen LogP contribution in [0.25, 0.3) is 10.9 Å². The molecule has 0 spiro atoms. The molecule has 108 valence electrons. The van der Waals surface area contributed by atoms with E-state index in [0.717, 1.165) is 0 Å². The predicted molar refractivity (Wildman–Crippen MR) is 78.1 cm³/mol. The van der Waals surface area contributed by atoms with Crippen LogP contribution in [0, 0.1) is 21.4 Å². The van der Waals surface area contributed by atoms with Crippen LogP contribution in [-0.2, 0) is 4.74 Å². The molecule has 0 aliphatic rings. The molecule has 7 heteroatoms. The molecule has 0 amide bonds. The first kappa shape index (κ1) is 14.7. The van der Waals surface area contributed by atoms with Gasteiger partial charge in [-0.2, -0.15) is 5.26 Å². The summed E-state index contributed by atoms with van der Waals surface area (Å²) in [5.74, 6) is 0.539. The number of aromatic nitrogens is 1. The molecule has 0 aliphatic heterocycles. The molecule has 1 aromatic carbocycles. The molecule has 7 nitrogen and oxygen atoms in total. The molecule has 1 heterocycles. The number of benzene rings is 1.